The summed E-state index contributed by atoms with van der Waals surface area (Å²) in [7, 11) is 0. The molecular weight excluding hydrogens is 362 g/mol. The quantitative estimate of drug-likeness (QED) is 0.589. The number of aromatic nitrogens is 4. The van der Waals surface area contributed by atoms with Crippen molar-refractivity contribution >= 4 is 17.5 Å². The maximum Gasteiger partial charge on any atom is 0.358 e. The first-order valence-electron chi connectivity index (χ1n) is 8.25. The molecule has 142 valence electrons. The number of hydrogen-bond acceptors (Lipinski definition) is 7. The molecule has 0 amide bonds. The van der Waals surface area contributed by atoms with Crippen LogP contribution in [-0.4, -0.2) is 36.2 Å². The van der Waals surface area contributed by atoms with Crippen LogP contribution in [0.4, 0.5) is 11.5 Å². The number of carboxylic acid groups (broad SMARTS) is 1. The van der Waals surface area contributed by atoms with Crippen LogP contribution < -0.4 is 0 Å². The molecule has 3 rings (SSSR count). The molecule has 0 aliphatic heterocycles. The van der Waals surface area contributed by atoms with Crippen molar-refractivity contribution in [2.45, 2.75) is 26.2 Å². The van der Waals surface area contributed by atoms with E-state index < -0.39 is 23.0 Å². The van der Waals surface area contributed by atoms with E-state index in [1.807, 2.05) is 26.8 Å². The molecule has 3 N–H and O–H groups in total. The lowest BCUT2D eigenvalue weighted by Gasteiger charge is -2.14. The summed E-state index contributed by atoms with van der Waals surface area (Å²) < 4.78 is 1.05. The third-order valence-electron chi connectivity index (χ3n) is 3.86. The molecule has 0 bridgehead atoms. The van der Waals surface area contributed by atoms with Crippen molar-refractivity contribution in [3.05, 3.63) is 47.3 Å². The number of nitrogens with one attached hydrogen (secondary N) is 1. The van der Waals surface area contributed by atoms with Gasteiger partial charge in [0, 0.05) is 5.41 Å². The molecule has 0 saturated carbocycles. The zero-order valence-corrected chi connectivity index (χ0v) is 15.4. The summed E-state index contributed by atoms with van der Waals surface area (Å²) >= 11 is 0. The van der Waals surface area contributed by atoms with E-state index in [9.17, 15) is 20.3 Å². The molecule has 0 atom stereocenters. The van der Waals surface area contributed by atoms with E-state index in [0.29, 0.717) is 11.4 Å². The second-order valence-electron chi connectivity index (χ2n) is 6.93. The monoisotopic (exact) mass is 379 g/mol. The van der Waals surface area contributed by atoms with Gasteiger partial charge in [0.25, 0.3) is 0 Å². The minimum Gasteiger partial charge on any atom is -0.492 e. The van der Waals surface area contributed by atoms with Crippen molar-refractivity contribution in [3.8, 4) is 17.6 Å². The number of rotatable bonds is 4. The van der Waals surface area contributed by atoms with Gasteiger partial charge in [-0.1, -0.05) is 39.0 Å². The number of benzene rings is 1. The minimum absolute atomic E-state index is 0.0654. The van der Waals surface area contributed by atoms with Crippen LogP contribution in [0.25, 0.3) is 5.69 Å². The number of nitrogens with zero attached hydrogens (tertiary/aromatic N) is 6. The van der Waals surface area contributed by atoms with Crippen LogP contribution in [0, 0.1) is 11.3 Å². The fraction of sp³-hybridized carbons (Fsp3) is 0.222. The molecule has 2 heterocycles. The van der Waals surface area contributed by atoms with Crippen LogP contribution >= 0.6 is 0 Å². The van der Waals surface area contributed by atoms with Crippen molar-refractivity contribution in [3.63, 3.8) is 0 Å². The number of para-hydroxylation sites is 1. The molecule has 0 aliphatic rings. The second kappa shape index (κ2) is 6.96. The van der Waals surface area contributed by atoms with Gasteiger partial charge in [-0.3, -0.25) is 5.10 Å². The van der Waals surface area contributed by atoms with Crippen molar-refractivity contribution in [1.82, 2.24) is 20.0 Å². The Kier molecular flexibility index (Phi) is 4.67. The third-order valence-corrected chi connectivity index (χ3v) is 3.86. The summed E-state index contributed by atoms with van der Waals surface area (Å²) in [6, 6.07) is 10.5. The predicted octanol–water partition coefficient (Wildman–Crippen LogP) is 3.58. The Balaban J connectivity index is 2.08. The molecule has 28 heavy (non-hydrogen) atoms. The molecule has 0 radical (unpaired) electrons. The van der Waals surface area contributed by atoms with Crippen LogP contribution in [0.1, 0.15) is 42.5 Å². The van der Waals surface area contributed by atoms with E-state index in [2.05, 4.69) is 25.5 Å². The molecule has 0 fully saturated rings. The third kappa shape index (κ3) is 3.33. The van der Waals surface area contributed by atoms with E-state index in [0.717, 1.165) is 4.68 Å². The van der Waals surface area contributed by atoms with Gasteiger partial charge in [0.15, 0.2) is 11.5 Å². The van der Waals surface area contributed by atoms with Gasteiger partial charge >= 0.3 is 5.97 Å². The van der Waals surface area contributed by atoms with Crippen molar-refractivity contribution < 1.29 is 15.0 Å². The maximum absolute atomic E-state index is 11.5. The first kappa shape index (κ1) is 18.8. The van der Waals surface area contributed by atoms with E-state index in [4.69, 9.17) is 0 Å². The number of H-pyrrole nitrogens is 1. The normalized spacial score (nSPS) is 11.6. The van der Waals surface area contributed by atoms with Gasteiger partial charge in [0.1, 0.15) is 11.6 Å². The topological polar surface area (TPSA) is 153 Å². The minimum atomic E-state index is -1.38. The summed E-state index contributed by atoms with van der Waals surface area (Å²) in [5.74, 6) is -1.79. The largest absolute Gasteiger partial charge is 0.492 e. The number of aromatic amines is 1. The standard InChI is InChI=1S/C18H17N7O3/c1-18(2,3)14-11(9-19)15(23-21-14)22-20-12-13(17(27)28)24-25(16(12)26)10-7-5-4-6-8-10/h4-8,26H,1-3H3,(H,21,23)(H,27,28)/b22-20+. The van der Waals surface area contributed by atoms with Crippen molar-refractivity contribution in [2.24, 2.45) is 10.2 Å². The molecule has 0 aliphatic carbocycles. The molecule has 2 aromatic heterocycles. The van der Waals surface area contributed by atoms with Gasteiger partial charge in [-0.05, 0) is 12.1 Å². The van der Waals surface area contributed by atoms with Crippen LogP contribution in [0.5, 0.6) is 5.88 Å². The van der Waals surface area contributed by atoms with Crippen LogP contribution in [0.15, 0.2) is 40.6 Å². The van der Waals surface area contributed by atoms with Crippen LogP contribution in [0.2, 0.25) is 0 Å². The van der Waals surface area contributed by atoms with Gasteiger partial charge in [-0.2, -0.15) is 20.1 Å². The lowest BCUT2D eigenvalue weighted by atomic mass is 9.90. The average molecular weight is 379 g/mol. The smallest absolute Gasteiger partial charge is 0.358 e. The summed E-state index contributed by atoms with van der Waals surface area (Å²) in [5, 5.41) is 47.6. The second-order valence-corrected chi connectivity index (χ2v) is 6.93. The Bertz CT molecular complexity index is 1100. The fourth-order valence-electron chi connectivity index (χ4n) is 2.54. The Labute approximate surface area is 159 Å². The molecule has 1 aromatic carbocycles. The van der Waals surface area contributed by atoms with Gasteiger partial charge in [0.05, 0.1) is 11.4 Å². The molecule has 3 aromatic rings. The average Bonchev–Trinajstić information content (AvgIpc) is 3.21. The van der Waals surface area contributed by atoms with Crippen molar-refractivity contribution in [2.75, 3.05) is 0 Å². The summed E-state index contributed by atoms with van der Waals surface area (Å²) in [6.45, 7) is 5.68. The first-order chi connectivity index (χ1) is 13.2. The highest BCUT2D eigenvalue weighted by Gasteiger charge is 2.26. The molecule has 0 spiro atoms. The van der Waals surface area contributed by atoms with E-state index >= 15 is 0 Å². The number of hydrogen-bond donors (Lipinski definition) is 3. The van der Waals surface area contributed by atoms with E-state index in [1.165, 1.54) is 0 Å². The van der Waals surface area contributed by atoms with Crippen LogP contribution in [0.3, 0.4) is 0 Å². The number of carbonyl (C=O) groups is 1. The molecule has 0 saturated heterocycles. The molecule has 0 unspecified atom stereocenters. The Hall–Kier alpha value is -4.00. The van der Waals surface area contributed by atoms with Crippen molar-refractivity contribution in [1.29, 1.82) is 5.26 Å². The van der Waals surface area contributed by atoms with Gasteiger partial charge in [-0.15, -0.1) is 10.2 Å². The van der Waals surface area contributed by atoms with E-state index in [-0.39, 0.29) is 17.1 Å². The highest BCUT2D eigenvalue weighted by molar-refractivity contribution is 5.92. The maximum atomic E-state index is 11.5. The SMILES string of the molecule is CC(C)(C)c1n[nH]c(/N=N/c2c(C(=O)O)nn(-c3ccccc3)c2O)c1C#N. The summed E-state index contributed by atoms with van der Waals surface area (Å²) in [5.41, 5.74) is -0.0405. The number of azo groups is 1. The fourth-order valence-corrected chi connectivity index (χ4v) is 2.54. The number of carboxylic acids is 1. The highest BCUT2D eigenvalue weighted by Crippen LogP contribution is 2.35. The van der Waals surface area contributed by atoms with Crippen LogP contribution in [-0.2, 0) is 5.41 Å². The lowest BCUT2D eigenvalue weighted by molar-refractivity contribution is 0.0691. The zero-order chi connectivity index (χ0) is 20.5. The molecular formula is C18H17N7O3. The Morgan fingerprint density at radius 1 is 1.25 bits per heavy atom. The zero-order valence-electron chi connectivity index (χ0n) is 15.4. The Morgan fingerprint density at radius 2 is 1.93 bits per heavy atom. The van der Waals surface area contributed by atoms with Gasteiger partial charge < -0.3 is 10.2 Å². The van der Waals surface area contributed by atoms with E-state index in [1.54, 1.807) is 30.3 Å². The summed E-state index contributed by atoms with van der Waals surface area (Å²) in [4.78, 5) is 11.5. The first-order valence-corrected chi connectivity index (χ1v) is 8.25. The predicted molar refractivity (Wildman–Crippen MR) is 98.4 cm³/mol. The molecule has 10 heteroatoms. The summed E-state index contributed by atoms with van der Waals surface area (Å²) in [6.07, 6.45) is 0. The number of nitriles is 1. The molecule has 10 nitrogen and oxygen atoms in total. The van der Waals surface area contributed by atoms with Gasteiger partial charge in [0.2, 0.25) is 11.6 Å². The highest BCUT2D eigenvalue weighted by atomic mass is 16.4. The lowest BCUT2D eigenvalue weighted by Crippen LogP contribution is -2.13. The van der Waals surface area contributed by atoms with Gasteiger partial charge in [-0.25, -0.2) is 4.79 Å². The number of aromatic carboxylic acids is 1. The Morgan fingerprint density at radius 3 is 2.50 bits per heavy atom. The number of aromatic hydroxyl groups is 1.